The molecule has 5 heteroatoms. The van der Waals surface area contributed by atoms with Crippen LogP contribution in [0, 0.1) is 18.3 Å². The molecule has 1 saturated heterocycles. The van der Waals surface area contributed by atoms with E-state index in [1.54, 1.807) is 0 Å². The van der Waals surface area contributed by atoms with E-state index in [4.69, 9.17) is 10.00 Å². The van der Waals surface area contributed by atoms with Crippen molar-refractivity contribution in [2.75, 3.05) is 31.6 Å². The average Bonchev–Trinajstić information content (AvgIpc) is 3.31. The largest absolute Gasteiger partial charge is 0.374 e. The van der Waals surface area contributed by atoms with E-state index in [-0.39, 0.29) is 6.10 Å². The first kappa shape index (κ1) is 13.3. The first-order valence-electron chi connectivity index (χ1n) is 7.23. The fourth-order valence-corrected chi connectivity index (χ4v) is 2.60. The zero-order valence-electron chi connectivity index (χ0n) is 11.8. The van der Waals surface area contributed by atoms with Crippen LogP contribution in [0.2, 0.25) is 0 Å². The molecule has 2 fully saturated rings. The van der Waals surface area contributed by atoms with Crippen LogP contribution < -0.4 is 5.32 Å². The van der Waals surface area contributed by atoms with Crippen LogP contribution in [-0.4, -0.2) is 48.3 Å². The predicted molar refractivity (Wildman–Crippen MR) is 76.5 cm³/mol. The molecule has 1 aliphatic heterocycles. The van der Waals surface area contributed by atoms with Gasteiger partial charge in [-0.25, -0.2) is 4.98 Å². The Hall–Kier alpha value is -1.64. The first-order valence-corrected chi connectivity index (χ1v) is 7.23. The van der Waals surface area contributed by atoms with Crippen molar-refractivity contribution in [1.29, 1.82) is 5.26 Å². The number of rotatable bonds is 4. The molecule has 0 amide bonds. The molecule has 1 saturated carbocycles. The molecule has 1 aromatic rings. The quantitative estimate of drug-likeness (QED) is 0.901. The van der Waals surface area contributed by atoms with E-state index in [9.17, 15) is 0 Å². The molecule has 1 unspecified atom stereocenters. The summed E-state index contributed by atoms with van der Waals surface area (Å²) >= 11 is 0. The maximum absolute atomic E-state index is 8.99. The fourth-order valence-electron chi connectivity index (χ4n) is 2.60. The lowest BCUT2D eigenvalue weighted by atomic mass is 10.2. The minimum absolute atomic E-state index is 0.206. The van der Waals surface area contributed by atoms with Gasteiger partial charge in [0.25, 0.3) is 0 Å². The normalized spacial score (nSPS) is 23.3. The SMILES string of the molecule is Cc1ccc(NCC2CN(C3CC3)CCO2)nc1C#N. The molecule has 0 bridgehead atoms. The number of hydrogen-bond acceptors (Lipinski definition) is 5. The minimum Gasteiger partial charge on any atom is -0.374 e. The molecule has 106 valence electrons. The van der Waals surface area contributed by atoms with Gasteiger partial charge in [-0.2, -0.15) is 5.26 Å². The maximum atomic E-state index is 8.99. The second-order valence-corrected chi connectivity index (χ2v) is 5.57. The van der Waals surface area contributed by atoms with Crippen molar-refractivity contribution in [3.63, 3.8) is 0 Å². The molecular weight excluding hydrogens is 252 g/mol. The lowest BCUT2D eigenvalue weighted by Crippen LogP contribution is -2.46. The number of ether oxygens (including phenoxy) is 1. The van der Waals surface area contributed by atoms with Gasteiger partial charge in [0.15, 0.2) is 0 Å². The second-order valence-electron chi connectivity index (χ2n) is 5.57. The summed E-state index contributed by atoms with van der Waals surface area (Å²) in [5, 5.41) is 12.3. The van der Waals surface area contributed by atoms with Crippen molar-refractivity contribution in [2.24, 2.45) is 0 Å². The van der Waals surface area contributed by atoms with Gasteiger partial charge in [-0.3, -0.25) is 4.90 Å². The van der Waals surface area contributed by atoms with Gasteiger partial charge in [-0.05, 0) is 31.4 Å². The number of pyridine rings is 1. The van der Waals surface area contributed by atoms with Crippen LogP contribution in [0.5, 0.6) is 0 Å². The van der Waals surface area contributed by atoms with Gasteiger partial charge < -0.3 is 10.1 Å². The van der Waals surface area contributed by atoms with Crippen molar-refractivity contribution in [3.8, 4) is 6.07 Å². The third-order valence-corrected chi connectivity index (χ3v) is 3.95. The zero-order valence-corrected chi connectivity index (χ0v) is 11.8. The summed E-state index contributed by atoms with van der Waals surface area (Å²) in [5.41, 5.74) is 1.39. The highest BCUT2D eigenvalue weighted by molar-refractivity contribution is 5.42. The van der Waals surface area contributed by atoms with E-state index >= 15 is 0 Å². The van der Waals surface area contributed by atoms with Crippen LogP contribution >= 0.6 is 0 Å². The topological polar surface area (TPSA) is 61.2 Å². The molecule has 2 heterocycles. The Balaban J connectivity index is 1.55. The van der Waals surface area contributed by atoms with Crippen LogP contribution in [0.25, 0.3) is 0 Å². The molecule has 2 aliphatic rings. The number of aromatic nitrogens is 1. The zero-order chi connectivity index (χ0) is 13.9. The van der Waals surface area contributed by atoms with Crippen molar-refractivity contribution in [3.05, 3.63) is 23.4 Å². The third-order valence-electron chi connectivity index (χ3n) is 3.95. The standard InChI is InChI=1S/C15H20N4O/c1-11-2-5-15(18-14(11)8-16)17-9-13-10-19(6-7-20-13)12-3-4-12/h2,5,12-13H,3-4,6-7,9-10H2,1H3,(H,17,18). The van der Waals surface area contributed by atoms with Gasteiger partial charge in [0.1, 0.15) is 17.6 Å². The molecule has 0 spiro atoms. The highest BCUT2D eigenvalue weighted by Gasteiger charge is 2.32. The molecule has 3 rings (SSSR count). The Labute approximate surface area is 119 Å². The van der Waals surface area contributed by atoms with Gasteiger partial charge in [0.05, 0.1) is 12.7 Å². The number of nitrogens with zero attached hydrogens (tertiary/aromatic N) is 3. The molecule has 0 radical (unpaired) electrons. The van der Waals surface area contributed by atoms with Crippen LogP contribution in [0.1, 0.15) is 24.1 Å². The first-order chi connectivity index (χ1) is 9.76. The van der Waals surface area contributed by atoms with E-state index < -0.39 is 0 Å². The molecule has 5 nitrogen and oxygen atoms in total. The van der Waals surface area contributed by atoms with Crippen LogP contribution in [0.4, 0.5) is 5.82 Å². The van der Waals surface area contributed by atoms with Gasteiger partial charge in [-0.1, -0.05) is 6.07 Å². The summed E-state index contributed by atoms with van der Waals surface area (Å²) in [6.45, 7) is 5.50. The van der Waals surface area contributed by atoms with E-state index in [0.717, 1.165) is 43.7 Å². The summed E-state index contributed by atoms with van der Waals surface area (Å²) in [5.74, 6) is 0.749. The summed E-state index contributed by atoms with van der Waals surface area (Å²) in [7, 11) is 0. The summed E-state index contributed by atoms with van der Waals surface area (Å²) in [6, 6.07) is 6.75. The second kappa shape index (κ2) is 5.78. The van der Waals surface area contributed by atoms with E-state index in [1.165, 1.54) is 12.8 Å². The third kappa shape index (κ3) is 3.09. The number of morpholine rings is 1. The predicted octanol–water partition coefficient (Wildman–Crippen LogP) is 1.54. The number of aryl methyl sites for hydroxylation is 1. The number of nitrogens with one attached hydrogen (secondary N) is 1. The summed E-state index contributed by atoms with van der Waals surface area (Å²) in [6.07, 6.45) is 2.88. The van der Waals surface area contributed by atoms with Gasteiger partial charge in [0.2, 0.25) is 0 Å². The van der Waals surface area contributed by atoms with Crippen molar-refractivity contribution in [2.45, 2.75) is 31.9 Å². The van der Waals surface area contributed by atoms with Crippen LogP contribution in [0.15, 0.2) is 12.1 Å². The van der Waals surface area contributed by atoms with E-state index in [0.29, 0.717) is 5.69 Å². The average molecular weight is 272 g/mol. The lowest BCUT2D eigenvalue weighted by Gasteiger charge is -2.33. The minimum atomic E-state index is 0.206. The Morgan fingerprint density at radius 2 is 2.35 bits per heavy atom. The van der Waals surface area contributed by atoms with Gasteiger partial charge in [0, 0.05) is 25.7 Å². The summed E-state index contributed by atoms with van der Waals surface area (Å²) < 4.78 is 5.79. The number of nitriles is 1. The molecule has 1 atom stereocenters. The van der Waals surface area contributed by atoms with Crippen LogP contribution in [0.3, 0.4) is 0 Å². The monoisotopic (exact) mass is 272 g/mol. The highest BCUT2D eigenvalue weighted by atomic mass is 16.5. The van der Waals surface area contributed by atoms with E-state index in [1.807, 2.05) is 19.1 Å². The van der Waals surface area contributed by atoms with Gasteiger partial charge >= 0.3 is 0 Å². The Kier molecular flexibility index (Phi) is 3.86. The molecule has 1 aromatic heterocycles. The molecule has 0 aromatic carbocycles. The molecule has 1 aliphatic carbocycles. The molecule has 20 heavy (non-hydrogen) atoms. The fraction of sp³-hybridized carbons (Fsp3) is 0.600. The Morgan fingerprint density at radius 3 is 3.10 bits per heavy atom. The maximum Gasteiger partial charge on any atom is 0.145 e. The number of hydrogen-bond donors (Lipinski definition) is 1. The van der Waals surface area contributed by atoms with E-state index in [2.05, 4.69) is 21.3 Å². The summed E-state index contributed by atoms with van der Waals surface area (Å²) in [4.78, 5) is 6.83. The Bertz CT molecular complexity index is 521. The number of anilines is 1. The van der Waals surface area contributed by atoms with Crippen molar-refractivity contribution < 1.29 is 4.74 Å². The van der Waals surface area contributed by atoms with Crippen molar-refractivity contribution in [1.82, 2.24) is 9.88 Å². The molecule has 1 N–H and O–H groups in total. The van der Waals surface area contributed by atoms with Gasteiger partial charge in [-0.15, -0.1) is 0 Å². The van der Waals surface area contributed by atoms with Crippen molar-refractivity contribution >= 4 is 5.82 Å². The van der Waals surface area contributed by atoms with Crippen LogP contribution in [-0.2, 0) is 4.74 Å². The smallest absolute Gasteiger partial charge is 0.145 e. The highest BCUT2D eigenvalue weighted by Crippen LogP contribution is 2.28. The molecular formula is C15H20N4O. The lowest BCUT2D eigenvalue weighted by molar-refractivity contribution is -0.0241. The Morgan fingerprint density at radius 1 is 1.50 bits per heavy atom.